The minimum atomic E-state index is -0.645. The van der Waals surface area contributed by atoms with Gasteiger partial charge in [0.05, 0.1) is 39.4 Å². The summed E-state index contributed by atoms with van der Waals surface area (Å²) < 4.78 is 16.0. The lowest BCUT2D eigenvalue weighted by molar-refractivity contribution is -0.223. The summed E-state index contributed by atoms with van der Waals surface area (Å²) in [5.74, 6) is 0.461. The summed E-state index contributed by atoms with van der Waals surface area (Å²) in [5.41, 5.74) is 0.396. The van der Waals surface area contributed by atoms with Crippen LogP contribution in [0.25, 0.3) is 0 Å². The normalized spacial score (nSPS) is 21.1. The number of esters is 1. The fourth-order valence-corrected chi connectivity index (χ4v) is 4.63. The highest BCUT2D eigenvalue weighted by Gasteiger charge is 2.58. The predicted octanol–water partition coefficient (Wildman–Crippen LogP) is 2.40. The first-order chi connectivity index (χ1) is 14.5. The molecule has 0 radical (unpaired) electrons. The zero-order valence-corrected chi connectivity index (χ0v) is 18.3. The number of ether oxygens (including phenoxy) is 3. The van der Waals surface area contributed by atoms with Crippen molar-refractivity contribution in [2.24, 2.45) is 5.92 Å². The van der Waals surface area contributed by atoms with Gasteiger partial charge in [-0.1, -0.05) is 19.1 Å². The summed E-state index contributed by atoms with van der Waals surface area (Å²) in [7, 11) is 4.64. The van der Waals surface area contributed by atoms with Gasteiger partial charge in [0, 0.05) is 31.6 Å². The van der Waals surface area contributed by atoms with Gasteiger partial charge in [0.2, 0.25) is 5.91 Å². The molecule has 0 bridgehead atoms. The molecule has 2 heterocycles. The number of benzene rings is 1. The monoisotopic (exact) mass is 420 g/mol. The number of para-hydroxylation sites is 1. The molecule has 0 aliphatic carbocycles. The molecular weight excluding hydrogens is 388 g/mol. The van der Waals surface area contributed by atoms with E-state index in [1.807, 2.05) is 25.1 Å². The molecule has 1 aromatic rings. The summed E-state index contributed by atoms with van der Waals surface area (Å²) in [5, 5.41) is 1.49. The standard InChI is InChI=1S/C22H32N2O6/c1-5-13-30-24-19(25)14-17(21(26)29-4)22(24)9-11-23(12-10-22)15-16-7-6-8-18(27-2)20(16)28-3/h6-8,17H,5,9-15H2,1-4H3/t17-/m0/s1. The predicted molar refractivity (Wildman–Crippen MR) is 110 cm³/mol. The van der Waals surface area contributed by atoms with Gasteiger partial charge < -0.3 is 14.2 Å². The number of carbonyl (C=O) groups excluding carboxylic acids is 2. The molecule has 2 aliphatic heterocycles. The second-order valence-electron chi connectivity index (χ2n) is 7.83. The Morgan fingerprint density at radius 2 is 1.90 bits per heavy atom. The van der Waals surface area contributed by atoms with E-state index < -0.39 is 11.5 Å². The third kappa shape index (κ3) is 4.11. The van der Waals surface area contributed by atoms with Crippen molar-refractivity contribution >= 4 is 11.9 Å². The smallest absolute Gasteiger partial charge is 0.311 e. The summed E-state index contributed by atoms with van der Waals surface area (Å²) in [6.45, 7) is 4.60. The maximum absolute atomic E-state index is 12.7. The van der Waals surface area contributed by atoms with Gasteiger partial charge in [0.25, 0.3) is 0 Å². The number of likely N-dealkylation sites (tertiary alicyclic amines) is 1. The van der Waals surface area contributed by atoms with Crippen molar-refractivity contribution in [2.75, 3.05) is 41.0 Å². The number of amides is 1. The lowest BCUT2D eigenvalue weighted by Crippen LogP contribution is -2.57. The number of methoxy groups -OCH3 is 3. The van der Waals surface area contributed by atoms with Crippen molar-refractivity contribution in [3.8, 4) is 11.5 Å². The molecule has 2 aliphatic rings. The van der Waals surface area contributed by atoms with Crippen LogP contribution in [0.3, 0.4) is 0 Å². The minimum absolute atomic E-state index is 0.137. The van der Waals surface area contributed by atoms with Gasteiger partial charge in [-0.05, 0) is 25.3 Å². The molecular formula is C22H32N2O6. The third-order valence-corrected chi connectivity index (χ3v) is 6.17. The molecule has 2 fully saturated rings. The van der Waals surface area contributed by atoms with Crippen LogP contribution in [-0.2, 0) is 25.7 Å². The molecule has 1 atom stereocenters. The summed E-state index contributed by atoms with van der Waals surface area (Å²) in [6, 6.07) is 5.85. The molecule has 1 spiro atoms. The van der Waals surface area contributed by atoms with Gasteiger partial charge in [-0.25, -0.2) is 5.06 Å². The van der Waals surface area contributed by atoms with E-state index in [1.54, 1.807) is 14.2 Å². The highest BCUT2D eigenvalue weighted by molar-refractivity contribution is 5.88. The molecule has 1 aromatic carbocycles. The molecule has 8 heteroatoms. The van der Waals surface area contributed by atoms with Crippen molar-refractivity contribution in [3.05, 3.63) is 23.8 Å². The Morgan fingerprint density at radius 1 is 1.17 bits per heavy atom. The van der Waals surface area contributed by atoms with Crippen molar-refractivity contribution in [1.29, 1.82) is 0 Å². The van der Waals surface area contributed by atoms with Gasteiger partial charge in [0.1, 0.15) is 0 Å². The SMILES string of the molecule is CCCON1C(=O)C[C@@H](C(=O)OC)C12CCN(Cc1cccc(OC)c1OC)CC2. The summed E-state index contributed by atoms with van der Waals surface area (Å²) >= 11 is 0. The van der Waals surface area contributed by atoms with Crippen molar-refractivity contribution in [1.82, 2.24) is 9.96 Å². The first kappa shape index (κ1) is 22.4. The zero-order valence-electron chi connectivity index (χ0n) is 18.3. The first-order valence-electron chi connectivity index (χ1n) is 10.5. The van der Waals surface area contributed by atoms with Crippen LogP contribution in [0.2, 0.25) is 0 Å². The molecule has 30 heavy (non-hydrogen) atoms. The number of hydroxylamine groups is 2. The Morgan fingerprint density at radius 3 is 2.50 bits per heavy atom. The van der Waals surface area contributed by atoms with E-state index >= 15 is 0 Å². The minimum Gasteiger partial charge on any atom is -0.493 e. The highest BCUT2D eigenvalue weighted by atomic mass is 16.7. The molecule has 8 nitrogen and oxygen atoms in total. The number of rotatable bonds is 8. The number of nitrogens with zero attached hydrogens (tertiary/aromatic N) is 2. The van der Waals surface area contributed by atoms with E-state index in [0.717, 1.165) is 30.8 Å². The Kier molecular flexibility index (Phi) is 7.20. The van der Waals surface area contributed by atoms with E-state index in [9.17, 15) is 9.59 Å². The summed E-state index contributed by atoms with van der Waals surface area (Å²) in [4.78, 5) is 33.3. The maximum atomic E-state index is 12.7. The Labute approximate surface area is 178 Å². The third-order valence-electron chi connectivity index (χ3n) is 6.17. The fourth-order valence-electron chi connectivity index (χ4n) is 4.63. The summed E-state index contributed by atoms with van der Waals surface area (Å²) in [6.07, 6.45) is 2.23. The molecule has 0 saturated carbocycles. The van der Waals surface area contributed by atoms with Crippen molar-refractivity contribution < 1.29 is 28.6 Å². The van der Waals surface area contributed by atoms with Crippen LogP contribution in [0.15, 0.2) is 18.2 Å². The van der Waals surface area contributed by atoms with Crippen LogP contribution in [0.5, 0.6) is 11.5 Å². The Hall–Kier alpha value is -2.32. The lowest BCUT2D eigenvalue weighted by Gasteiger charge is -2.45. The Bertz CT molecular complexity index is 760. The van der Waals surface area contributed by atoms with E-state index in [2.05, 4.69) is 4.90 Å². The topological polar surface area (TPSA) is 77.5 Å². The number of hydrogen-bond acceptors (Lipinski definition) is 7. The number of carbonyl (C=O) groups is 2. The van der Waals surface area contributed by atoms with Crippen LogP contribution in [-0.4, -0.2) is 68.4 Å². The van der Waals surface area contributed by atoms with Crippen molar-refractivity contribution in [3.63, 3.8) is 0 Å². The molecule has 0 N–H and O–H groups in total. The van der Waals surface area contributed by atoms with Crippen molar-refractivity contribution in [2.45, 2.75) is 44.7 Å². The number of piperidine rings is 1. The average Bonchev–Trinajstić information content (AvgIpc) is 3.04. The molecule has 166 valence electrons. The van der Waals surface area contributed by atoms with Crippen LogP contribution in [0, 0.1) is 5.92 Å². The van der Waals surface area contributed by atoms with Gasteiger partial charge in [-0.3, -0.25) is 19.3 Å². The largest absolute Gasteiger partial charge is 0.493 e. The van der Waals surface area contributed by atoms with Gasteiger partial charge in [-0.15, -0.1) is 0 Å². The van der Waals surface area contributed by atoms with Gasteiger partial charge >= 0.3 is 5.97 Å². The molecule has 0 aromatic heterocycles. The first-order valence-corrected chi connectivity index (χ1v) is 10.5. The Balaban J connectivity index is 1.77. The quantitative estimate of drug-likeness (QED) is 0.598. The maximum Gasteiger partial charge on any atom is 0.311 e. The average molecular weight is 421 g/mol. The van der Waals surface area contributed by atoms with Gasteiger partial charge in [0.15, 0.2) is 11.5 Å². The van der Waals surface area contributed by atoms with Crippen LogP contribution >= 0.6 is 0 Å². The molecule has 2 saturated heterocycles. The van der Waals surface area contributed by atoms with E-state index in [-0.39, 0.29) is 18.3 Å². The lowest BCUT2D eigenvalue weighted by atomic mass is 9.77. The second-order valence-corrected chi connectivity index (χ2v) is 7.83. The van der Waals surface area contributed by atoms with Crippen LogP contribution in [0.4, 0.5) is 0 Å². The van der Waals surface area contributed by atoms with E-state index in [1.165, 1.54) is 12.2 Å². The van der Waals surface area contributed by atoms with Crippen LogP contribution < -0.4 is 9.47 Å². The zero-order chi connectivity index (χ0) is 21.7. The number of hydrogen-bond donors (Lipinski definition) is 0. The van der Waals surface area contributed by atoms with E-state index in [4.69, 9.17) is 19.0 Å². The van der Waals surface area contributed by atoms with E-state index in [0.29, 0.717) is 31.7 Å². The highest BCUT2D eigenvalue weighted by Crippen LogP contribution is 2.45. The van der Waals surface area contributed by atoms with Crippen LogP contribution in [0.1, 0.15) is 38.2 Å². The second kappa shape index (κ2) is 9.66. The fraction of sp³-hybridized carbons (Fsp3) is 0.636. The molecule has 0 unspecified atom stereocenters. The molecule has 1 amide bonds. The van der Waals surface area contributed by atoms with Gasteiger partial charge in [-0.2, -0.15) is 0 Å². The molecule has 3 rings (SSSR count).